The van der Waals surface area contributed by atoms with Crippen molar-refractivity contribution in [2.24, 2.45) is 0 Å². The number of aromatic nitrogens is 1. The average molecular weight is 261 g/mol. The van der Waals surface area contributed by atoms with E-state index in [1.165, 1.54) is 0 Å². The molecule has 0 aromatic carbocycles. The zero-order chi connectivity index (χ0) is 12.1. The Kier molecular flexibility index (Phi) is 5.36. The highest BCUT2D eigenvalue weighted by Crippen LogP contribution is 2.26. The molecular formula is C12H18Cl2N2. The zero-order valence-corrected chi connectivity index (χ0v) is 11.5. The van der Waals surface area contributed by atoms with Crippen LogP contribution in [0.15, 0.2) is 12.3 Å². The van der Waals surface area contributed by atoms with Crippen molar-refractivity contribution >= 4 is 29.0 Å². The topological polar surface area (TPSA) is 16.1 Å². The van der Waals surface area contributed by atoms with Crippen molar-refractivity contribution in [1.82, 2.24) is 4.98 Å². The van der Waals surface area contributed by atoms with Crippen LogP contribution in [0.25, 0.3) is 0 Å². The van der Waals surface area contributed by atoms with Crippen molar-refractivity contribution in [3.8, 4) is 0 Å². The molecule has 16 heavy (non-hydrogen) atoms. The highest BCUT2D eigenvalue weighted by molar-refractivity contribution is 6.33. The summed E-state index contributed by atoms with van der Waals surface area (Å²) in [4.78, 5) is 6.61. The van der Waals surface area contributed by atoms with Crippen LogP contribution < -0.4 is 4.90 Å². The Morgan fingerprint density at radius 2 is 2.12 bits per heavy atom. The number of nitrogens with zero attached hydrogens (tertiary/aromatic N) is 2. The van der Waals surface area contributed by atoms with Gasteiger partial charge in [-0.05, 0) is 31.9 Å². The Balaban J connectivity index is 3.00. The summed E-state index contributed by atoms with van der Waals surface area (Å²) in [6.07, 6.45) is 2.87. The maximum atomic E-state index is 6.22. The minimum atomic E-state index is 0.395. The number of rotatable bonds is 5. The molecule has 1 rings (SSSR count). The fourth-order valence-electron chi connectivity index (χ4n) is 1.60. The standard InChI is InChI=1S/C12H18Cl2N2/c1-4-5-16(9(2)3)12-11(14)6-10(7-13)8-15-12/h6,8-9H,4-5,7H2,1-3H3. The van der Waals surface area contributed by atoms with Gasteiger partial charge in [0.25, 0.3) is 0 Å². The highest BCUT2D eigenvalue weighted by atomic mass is 35.5. The van der Waals surface area contributed by atoms with Crippen molar-refractivity contribution in [2.75, 3.05) is 11.4 Å². The van der Waals surface area contributed by atoms with E-state index in [0.717, 1.165) is 24.3 Å². The van der Waals surface area contributed by atoms with Gasteiger partial charge in [0.05, 0.1) is 5.02 Å². The normalized spacial score (nSPS) is 10.9. The summed E-state index contributed by atoms with van der Waals surface area (Å²) in [7, 11) is 0. The lowest BCUT2D eigenvalue weighted by Gasteiger charge is -2.28. The first kappa shape index (κ1) is 13.6. The third kappa shape index (κ3) is 3.26. The van der Waals surface area contributed by atoms with E-state index in [2.05, 4.69) is 30.7 Å². The largest absolute Gasteiger partial charge is 0.353 e. The third-order valence-corrected chi connectivity index (χ3v) is 2.98. The summed E-state index contributed by atoms with van der Waals surface area (Å²) in [5.41, 5.74) is 0.954. The van der Waals surface area contributed by atoms with Gasteiger partial charge in [-0.25, -0.2) is 4.98 Å². The van der Waals surface area contributed by atoms with Gasteiger partial charge in [-0.2, -0.15) is 0 Å². The van der Waals surface area contributed by atoms with Gasteiger partial charge in [0.15, 0.2) is 0 Å². The molecule has 1 aromatic rings. The van der Waals surface area contributed by atoms with Crippen LogP contribution in [0.3, 0.4) is 0 Å². The van der Waals surface area contributed by atoms with E-state index in [4.69, 9.17) is 23.2 Å². The van der Waals surface area contributed by atoms with E-state index in [9.17, 15) is 0 Å². The highest BCUT2D eigenvalue weighted by Gasteiger charge is 2.14. The van der Waals surface area contributed by atoms with Crippen molar-refractivity contribution < 1.29 is 0 Å². The van der Waals surface area contributed by atoms with Gasteiger partial charge in [0.2, 0.25) is 0 Å². The van der Waals surface area contributed by atoms with Gasteiger partial charge in [0, 0.05) is 24.7 Å². The van der Waals surface area contributed by atoms with Gasteiger partial charge >= 0.3 is 0 Å². The molecule has 0 aliphatic carbocycles. The van der Waals surface area contributed by atoms with Crippen LogP contribution in [0.2, 0.25) is 5.02 Å². The minimum absolute atomic E-state index is 0.395. The fraction of sp³-hybridized carbons (Fsp3) is 0.583. The first-order valence-corrected chi connectivity index (χ1v) is 6.48. The molecule has 1 heterocycles. The molecular weight excluding hydrogens is 243 g/mol. The van der Waals surface area contributed by atoms with E-state index in [0.29, 0.717) is 16.9 Å². The van der Waals surface area contributed by atoms with Crippen LogP contribution in [0.1, 0.15) is 32.8 Å². The Labute approximate surface area is 108 Å². The summed E-state index contributed by atoms with van der Waals surface area (Å²) in [6.45, 7) is 7.40. The number of anilines is 1. The smallest absolute Gasteiger partial charge is 0.147 e. The summed E-state index contributed by atoms with van der Waals surface area (Å²) in [6, 6.07) is 2.29. The van der Waals surface area contributed by atoms with Gasteiger partial charge in [0.1, 0.15) is 5.82 Å². The van der Waals surface area contributed by atoms with E-state index < -0.39 is 0 Å². The molecule has 0 amide bonds. The van der Waals surface area contributed by atoms with Gasteiger partial charge in [-0.3, -0.25) is 0 Å². The number of alkyl halides is 1. The monoisotopic (exact) mass is 260 g/mol. The Morgan fingerprint density at radius 3 is 2.56 bits per heavy atom. The number of pyridine rings is 1. The first-order chi connectivity index (χ1) is 7.60. The van der Waals surface area contributed by atoms with Crippen molar-refractivity contribution in [2.45, 2.75) is 39.1 Å². The van der Waals surface area contributed by atoms with Crippen LogP contribution in [-0.2, 0) is 5.88 Å². The number of halogens is 2. The minimum Gasteiger partial charge on any atom is -0.353 e. The van der Waals surface area contributed by atoms with Crippen LogP contribution in [0, 0.1) is 0 Å². The number of hydrogen-bond donors (Lipinski definition) is 0. The van der Waals surface area contributed by atoms with Crippen LogP contribution >= 0.6 is 23.2 Å². The predicted molar refractivity (Wildman–Crippen MR) is 71.6 cm³/mol. The molecule has 0 atom stereocenters. The maximum Gasteiger partial charge on any atom is 0.147 e. The second kappa shape index (κ2) is 6.31. The summed E-state index contributed by atoms with van der Waals surface area (Å²) >= 11 is 12.0. The van der Waals surface area contributed by atoms with Crippen molar-refractivity contribution in [3.05, 3.63) is 22.8 Å². The SMILES string of the molecule is CCCN(c1ncc(CCl)cc1Cl)C(C)C. The lowest BCUT2D eigenvalue weighted by molar-refractivity contribution is 0.662. The van der Waals surface area contributed by atoms with E-state index in [1.807, 2.05) is 6.07 Å². The molecule has 0 fully saturated rings. The van der Waals surface area contributed by atoms with Gasteiger partial charge in [-0.15, -0.1) is 11.6 Å². The molecule has 0 unspecified atom stereocenters. The molecule has 0 radical (unpaired) electrons. The second-order valence-electron chi connectivity index (χ2n) is 4.07. The quantitative estimate of drug-likeness (QED) is 0.742. The molecule has 0 aliphatic rings. The van der Waals surface area contributed by atoms with Crippen LogP contribution in [-0.4, -0.2) is 17.6 Å². The fourth-order valence-corrected chi connectivity index (χ4v) is 2.05. The van der Waals surface area contributed by atoms with Gasteiger partial charge < -0.3 is 4.90 Å². The molecule has 2 nitrogen and oxygen atoms in total. The Bertz CT molecular complexity index is 340. The molecule has 1 aromatic heterocycles. The molecule has 4 heteroatoms. The zero-order valence-electron chi connectivity index (χ0n) is 10.0. The first-order valence-electron chi connectivity index (χ1n) is 5.57. The van der Waals surface area contributed by atoms with Crippen molar-refractivity contribution in [1.29, 1.82) is 0 Å². The molecule has 0 spiro atoms. The summed E-state index contributed by atoms with van der Waals surface area (Å²) in [5.74, 6) is 1.30. The number of hydrogen-bond acceptors (Lipinski definition) is 2. The van der Waals surface area contributed by atoms with Crippen molar-refractivity contribution in [3.63, 3.8) is 0 Å². The van der Waals surface area contributed by atoms with E-state index in [1.54, 1.807) is 6.20 Å². The summed E-state index contributed by atoms with van der Waals surface area (Å²) in [5, 5.41) is 0.681. The average Bonchev–Trinajstić information content (AvgIpc) is 2.26. The molecule has 0 saturated heterocycles. The molecule has 0 N–H and O–H groups in total. The Morgan fingerprint density at radius 1 is 1.44 bits per heavy atom. The van der Waals surface area contributed by atoms with Crippen LogP contribution in [0.5, 0.6) is 0 Å². The summed E-state index contributed by atoms with van der Waals surface area (Å²) < 4.78 is 0. The predicted octanol–water partition coefficient (Wildman–Crippen LogP) is 4.10. The molecule has 0 saturated carbocycles. The van der Waals surface area contributed by atoms with E-state index >= 15 is 0 Å². The third-order valence-electron chi connectivity index (χ3n) is 2.39. The Hall–Kier alpha value is -0.470. The van der Waals surface area contributed by atoms with Crippen LogP contribution in [0.4, 0.5) is 5.82 Å². The molecule has 0 bridgehead atoms. The lowest BCUT2D eigenvalue weighted by Crippen LogP contribution is -2.32. The molecule has 90 valence electrons. The van der Waals surface area contributed by atoms with Gasteiger partial charge in [-0.1, -0.05) is 18.5 Å². The van der Waals surface area contributed by atoms with E-state index in [-0.39, 0.29) is 0 Å². The second-order valence-corrected chi connectivity index (χ2v) is 4.74. The maximum absolute atomic E-state index is 6.22. The lowest BCUT2D eigenvalue weighted by atomic mass is 10.2. The molecule has 0 aliphatic heterocycles.